The lowest BCUT2D eigenvalue weighted by Gasteiger charge is -2.30. The van der Waals surface area contributed by atoms with Crippen LogP contribution < -0.4 is 10.5 Å². The summed E-state index contributed by atoms with van der Waals surface area (Å²) < 4.78 is 27.3. The second-order valence-corrected chi connectivity index (χ2v) is 7.62. The van der Waals surface area contributed by atoms with Gasteiger partial charge in [-0.3, -0.25) is 0 Å². The van der Waals surface area contributed by atoms with Gasteiger partial charge in [0.05, 0.1) is 4.90 Å². The Labute approximate surface area is 126 Å². The monoisotopic (exact) mass is 312 g/mol. The van der Waals surface area contributed by atoms with E-state index in [1.54, 1.807) is 19.1 Å². The molecule has 2 rings (SSSR count). The molecule has 1 aliphatic carbocycles. The summed E-state index contributed by atoms with van der Waals surface area (Å²) in [5, 5.41) is 9.38. The molecule has 2 unspecified atom stereocenters. The second-order valence-electron chi connectivity index (χ2n) is 5.86. The highest BCUT2D eigenvalue weighted by Gasteiger charge is 2.26. The molecule has 1 aliphatic rings. The zero-order chi connectivity index (χ0) is 15.5. The molecular formula is C15H24N2O3S. The molecule has 5 nitrogen and oxygen atoms in total. The van der Waals surface area contributed by atoms with Crippen LogP contribution in [0.5, 0.6) is 0 Å². The minimum atomic E-state index is -3.52. The molecule has 0 heterocycles. The number of hydrogen-bond donors (Lipinski definition) is 3. The Kier molecular flexibility index (Phi) is 5.24. The average molecular weight is 312 g/mol. The highest BCUT2D eigenvalue weighted by atomic mass is 32.2. The maximum absolute atomic E-state index is 12.3. The predicted octanol–water partition coefficient (Wildman–Crippen LogP) is 1.65. The molecule has 0 radical (unpaired) electrons. The number of hydrogen-bond acceptors (Lipinski definition) is 4. The zero-order valence-electron chi connectivity index (χ0n) is 12.4. The molecule has 0 bridgehead atoms. The molecule has 1 aromatic carbocycles. The highest BCUT2D eigenvalue weighted by Crippen LogP contribution is 2.29. The summed E-state index contributed by atoms with van der Waals surface area (Å²) in [6, 6.07) is 4.72. The van der Waals surface area contributed by atoms with E-state index in [9.17, 15) is 13.5 Å². The lowest BCUT2D eigenvalue weighted by molar-refractivity contribution is 0.136. The van der Waals surface area contributed by atoms with Crippen molar-refractivity contribution in [1.29, 1.82) is 0 Å². The van der Waals surface area contributed by atoms with Crippen LogP contribution in [0.4, 0.5) is 5.69 Å². The van der Waals surface area contributed by atoms with Crippen molar-refractivity contribution >= 4 is 15.7 Å². The van der Waals surface area contributed by atoms with E-state index in [1.165, 1.54) is 6.07 Å². The van der Waals surface area contributed by atoms with E-state index in [0.29, 0.717) is 12.2 Å². The lowest BCUT2D eigenvalue weighted by Crippen LogP contribution is -2.35. The van der Waals surface area contributed by atoms with Crippen LogP contribution in [0.25, 0.3) is 0 Å². The number of aliphatic hydroxyl groups excluding tert-OH is 1. The van der Waals surface area contributed by atoms with Gasteiger partial charge in [-0.2, -0.15) is 0 Å². The largest absolute Gasteiger partial charge is 0.399 e. The van der Waals surface area contributed by atoms with Crippen molar-refractivity contribution in [3.63, 3.8) is 0 Å². The molecular weight excluding hydrogens is 288 g/mol. The fourth-order valence-electron chi connectivity index (χ4n) is 2.91. The van der Waals surface area contributed by atoms with Crippen LogP contribution in [-0.4, -0.2) is 26.7 Å². The third-order valence-corrected chi connectivity index (χ3v) is 5.81. The molecule has 1 saturated carbocycles. The molecule has 0 spiro atoms. The Balaban J connectivity index is 2.05. The summed E-state index contributed by atoms with van der Waals surface area (Å²) in [4.78, 5) is 0.241. The first-order valence-electron chi connectivity index (χ1n) is 7.40. The average Bonchev–Trinajstić information content (AvgIpc) is 2.48. The SMILES string of the molecule is Cc1cc(S(=O)(=O)NCC2CCCCC2CO)ccc1N. The van der Waals surface area contributed by atoms with E-state index in [4.69, 9.17) is 5.73 Å². The van der Waals surface area contributed by atoms with Crippen LogP contribution in [0.1, 0.15) is 31.2 Å². The number of sulfonamides is 1. The Morgan fingerprint density at radius 1 is 1.29 bits per heavy atom. The van der Waals surface area contributed by atoms with Gasteiger partial charge >= 0.3 is 0 Å². The number of nitrogens with two attached hydrogens (primary N) is 1. The molecule has 21 heavy (non-hydrogen) atoms. The van der Waals surface area contributed by atoms with Crippen molar-refractivity contribution < 1.29 is 13.5 Å². The van der Waals surface area contributed by atoms with Crippen LogP contribution in [0, 0.1) is 18.8 Å². The van der Waals surface area contributed by atoms with Crippen LogP contribution in [0.2, 0.25) is 0 Å². The van der Waals surface area contributed by atoms with Gasteiger partial charge in [-0.1, -0.05) is 12.8 Å². The molecule has 4 N–H and O–H groups in total. The van der Waals surface area contributed by atoms with Crippen molar-refractivity contribution in [2.45, 2.75) is 37.5 Å². The molecule has 0 aliphatic heterocycles. The van der Waals surface area contributed by atoms with Crippen LogP contribution in [0.15, 0.2) is 23.1 Å². The van der Waals surface area contributed by atoms with Crippen molar-refractivity contribution in [3.05, 3.63) is 23.8 Å². The minimum Gasteiger partial charge on any atom is -0.399 e. The van der Waals surface area contributed by atoms with Gasteiger partial charge in [0.25, 0.3) is 0 Å². The van der Waals surface area contributed by atoms with E-state index < -0.39 is 10.0 Å². The number of aliphatic hydroxyl groups is 1. The van der Waals surface area contributed by atoms with Crippen molar-refractivity contribution in [3.8, 4) is 0 Å². The van der Waals surface area contributed by atoms with Crippen molar-refractivity contribution in [2.75, 3.05) is 18.9 Å². The smallest absolute Gasteiger partial charge is 0.240 e. The van der Waals surface area contributed by atoms with E-state index in [-0.39, 0.29) is 23.3 Å². The number of rotatable bonds is 5. The molecule has 0 saturated heterocycles. The van der Waals surface area contributed by atoms with E-state index in [0.717, 1.165) is 31.2 Å². The number of aryl methyl sites for hydroxylation is 1. The summed E-state index contributed by atoms with van der Waals surface area (Å²) in [6.45, 7) is 2.31. The normalized spacial score (nSPS) is 23.1. The third kappa shape index (κ3) is 3.96. The quantitative estimate of drug-likeness (QED) is 0.721. The second kappa shape index (κ2) is 6.77. The summed E-state index contributed by atoms with van der Waals surface area (Å²) in [5.41, 5.74) is 7.05. The zero-order valence-corrected chi connectivity index (χ0v) is 13.2. The fourth-order valence-corrected chi connectivity index (χ4v) is 4.09. The number of benzene rings is 1. The van der Waals surface area contributed by atoms with Crippen molar-refractivity contribution in [2.24, 2.45) is 11.8 Å². The van der Waals surface area contributed by atoms with Gasteiger partial charge < -0.3 is 10.8 Å². The van der Waals surface area contributed by atoms with E-state index in [1.807, 2.05) is 0 Å². The minimum absolute atomic E-state index is 0.132. The molecule has 2 atom stereocenters. The number of nitrogens with one attached hydrogen (secondary N) is 1. The van der Waals surface area contributed by atoms with Gasteiger partial charge in [-0.25, -0.2) is 13.1 Å². The van der Waals surface area contributed by atoms with Gasteiger partial charge in [-0.05, 0) is 55.4 Å². The van der Waals surface area contributed by atoms with Gasteiger partial charge in [0.15, 0.2) is 0 Å². The maximum Gasteiger partial charge on any atom is 0.240 e. The highest BCUT2D eigenvalue weighted by molar-refractivity contribution is 7.89. The van der Waals surface area contributed by atoms with Gasteiger partial charge in [0, 0.05) is 18.8 Å². The summed E-state index contributed by atoms with van der Waals surface area (Å²) in [6.07, 6.45) is 4.16. The molecule has 118 valence electrons. The van der Waals surface area contributed by atoms with Crippen LogP contribution in [-0.2, 0) is 10.0 Å². The van der Waals surface area contributed by atoms with Crippen LogP contribution in [0.3, 0.4) is 0 Å². The topological polar surface area (TPSA) is 92.4 Å². The predicted molar refractivity (Wildman–Crippen MR) is 83.3 cm³/mol. The first-order valence-corrected chi connectivity index (χ1v) is 8.89. The van der Waals surface area contributed by atoms with Gasteiger partial charge in [0.1, 0.15) is 0 Å². The maximum atomic E-state index is 12.3. The summed E-state index contributed by atoms with van der Waals surface area (Å²) in [5.74, 6) is 0.419. The first kappa shape index (κ1) is 16.3. The van der Waals surface area contributed by atoms with Gasteiger partial charge in [-0.15, -0.1) is 0 Å². The van der Waals surface area contributed by atoms with Gasteiger partial charge in [0.2, 0.25) is 10.0 Å². The third-order valence-electron chi connectivity index (χ3n) is 4.39. The molecule has 1 aromatic rings. The first-order chi connectivity index (χ1) is 9.94. The van der Waals surface area contributed by atoms with E-state index >= 15 is 0 Å². The van der Waals surface area contributed by atoms with E-state index in [2.05, 4.69) is 4.72 Å². The summed E-state index contributed by atoms with van der Waals surface area (Å²) in [7, 11) is -3.52. The lowest BCUT2D eigenvalue weighted by atomic mass is 9.80. The molecule has 0 amide bonds. The standard InChI is InChI=1S/C15H24N2O3S/c1-11-8-14(6-7-15(11)16)21(19,20)17-9-12-4-2-3-5-13(12)10-18/h6-8,12-13,17-18H,2-5,9-10,16H2,1H3. The Morgan fingerprint density at radius 2 is 1.95 bits per heavy atom. The van der Waals surface area contributed by atoms with Crippen LogP contribution >= 0.6 is 0 Å². The number of nitrogen functional groups attached to an aromatic ring is 1. The molecule has 0 aromatic heterocycles. The Hall–Kier alpha value is -1.11. The number of anilines is 1. The molecule has 6 heteroatoms. The Bertz CT molecular complexity index is 587. The fraction of sp³-hybridized carbons (Fsp3) is 0.600. The van der Waals surface area contributed by atoms with Crippen molar-refractivity contribution in [1.82, 2.24) is 4.72 Å². The Morgan fingerprint density at radius 3 is 2.57 bits per heavy atom. The summed E-state index contributed by atoms with van der Waals surface area (Å²) >= 11 is 0. The molecule has 1 fully saturated rings.